The van der Waals surface area contributed by atoms with Crippen molar-refractivity contribution in [2.45, 2.75) is 46.2 Å². The highest BCUT2D eigenvalue weighted by molar-refractivity contribution is 5.29. The summed E-state index contributed by atoms with van der Waals surface area (Å²) in [4.78, 5) is 0. The minimum Gasteiger partial charge on any atom is -0.508 e. The van der Waals surface area contributed by atoms with Crippen molar-refractivity contribution in [3.63, 3.8) is 0 Å². The molecular formula is C16H22N2O2. The Labute approximate surface area is 119 Å². The van der Waals surface area contributed by atoms with Crippen LogP contribution in [-0.2, 0) is 0 Å². The predicted octanol–water partition coefficient (Wildman–Crippen LogP) is 3.80. The maximum Gasteiger partial charge on any atom is 0.138 e. The van der Waals surface area contributed by atoms with Crippen LogP contribution >= 0.6 is 0 Å². The Balaban J connectivity index is 2.16. The summed E-state index contributed by atoms with van der Waals surface area (Å²) in [5.41, 5.74) is 3.23. The minimum atomic E-state index is 0.167. The number of aromatic nitrogens is 1. The van der Waals surface area contributed by atoms with Gasteiger partial charge in [0, 0.05) is 17.6 Å². The number of aromatic hydroxyl groups is 1. The van der Waals surface area contributed by atoms with E-state index >= 15 is 0 Å². The molecule has 0 radical (unpaired) electrons. The van der Waals surface area contributed by atoms with E-state index in [1.165, 1.54) is 5.56 Å². The molecule has 0 aliphatic carbocycles. The number of phenols is 1. The van der Waals surface area contributed by atoms with Crippen LogP contribution in [0.1, 0.15) is 54.9 Å². The number of nitrogens with zero attached hydrogens (tertiary/aromatic N) is 1. The fourth-order valence-corrected chi connectivity index (χ4v) is 2.65. The van der Waals surface area contributed by atoms with Crippen LogP contribution in [-0.4, -0.2) is 10.3 Å². The van der Waals surface area contributed by atoms with Crippen molar-refractivity contribution >= 4 is 0 Å². The van der Waals surface area contributed by atoms with E-state index in [4.69, 9.17) is 4.52 Å². The van der Waals surface area contributed by atoms with Crippen molar-refractivity contribution in [3.05, 3.63) is 46.8 Å². The largest absolute Gasteiger partial charge is 0.508 e. The van der Waals surface area contributed by atoms with E-state index in [0.717, 1.165) is 23.4 Å². The molecule has 2 unspecified atom stereocenters. The van der Waals surface area contributed by atoms with E-state index in [1.807, 2.05) is 26.0 Å². The van der Waals surface area contributed by atoms with Gasteiger partial charge >= 0.3 is 0 Å². The lowest BCUT2D eigenvalue weighted by Gasteiger charge is -2.23. The first-order chi connectivity index (χ1) is 9.52. The van der Waals surface area contributed by atoms with E-state index in [1.54, 1.807) is 12.1 Å². The van der Waals surface area contributed by atoms with Crippen molar-refractivity contribution in [2.24, 2.45) is 0 Å². The molecule has 1 heterocycles. The highest BCUT2D eigenvalue weighted by atomic mass is 16.5. The zero-order valence-corrected chi connectivity index (χ0v) is 12.5. The highest BCUT2D eigenvalue weighted by Crippen LogP contribution is 2.26. The van der Waals surface area contributed by atoms with E-state index < -0.39 is 0 Å². The first-order valence-electron chi connectivity index (χ1n) is 7.00. The van der Waals surface area contributed by atoms with Gasteiger partial charge < -0.3 is 14.9 Å². The molecule has 0 amide bonds. The molecule has 4 heteroatoms. The van der Waals surface area contributed by atoms with Gasteiger partial charge in [-0.25, -0.2) is 0 Å². The van der Waals surface area contributed by atoms with Crippen LogP contribution in [0.3, 0.4) is 0 Å². The maximum absolute atomic E-state index is 9.37. The Hall–Kier alpha value is -1.81. The molecule has 1 aromatic heterocycles. The lowest BCUT2D eigenvalue weighted by atomic mass is 10.0. The average Bonchev–Trinajstić information content (AvgIpc) is 2.76. The van der Waals surface area contributed by atoms with Gasteiger partial charge in [-0.15, -0.1) is 0 Å². The summed E-state index contributed by atoms with van der Waals surface area (Å²) in [6.45, 7) is 8.17. The lowest BCUT2D eigenvalue weighted by Crippen LogP contribution is -2.24. The maximum atomic E-state index is 9.37. The summed E-state index contributed by atoms with van der Waals surface area (Å²) in [5, 5.41) is 17.0. The molecule has 2 atom stereocenters. The van der Waals surface area contributed by atoms with Crippen LogP contribution in [0, 0.1) is 13.8 Å². The van der Waals surface area contributed by atoms with Crippen molar-refractivity contribution in [1.82, 2.24) is 10.5 Å². The Bertz CT molecular complexity index is 541. The first kappa shape index (κ1) is 14.6. The molecule has 4 nitrogen and oxygen atoms in total. The number of phenolic OH excluding ortho intramolecular Hbond substituents is 1. The van der Waals surface area contributed by atoms with Crippen LogP contribution in [0.4, 0.5) is 0 Å². The van der Waals surface area contributed by atoms with E-state index in [2.05, 4.69) is 24.3 Å². The van der Waals surface area contributed by atoms with E-state index in [9.17, 15) is 5.11 Å². The molecule has 0 saturated heterocycles. The Morgan fingerprint density at radius 1 is 1.25 bits per heavy atom. The molecule has 0 aliphatic heterocycles. The van der Waals surface area contributed by atoms with Gasteiger partial charge in [-0.05, 0) is 44.9 Å². The molecule has 0 saturated carbocycles. The quantitative estimate of drug-likeness (QED) is 0.870. The van der Waals surface area contributed by atoms with Crippen LogP contribution in [0.5, 0.6) is 5.75 Å². The number of hydrogen-bond acceptors (Lipinski definition) is 4. The molecule has 2 rings (SSSR count). The Kier molecular flexibility index (Phi) is 4.45. The van der Waals surface area contributed by atoms with Gasteiger partial charge in [0.25, 0.3) is 0 Å². The van der Waals surface area contributed by atoms with Gasteiger partial charge in [0.05, 0.1) is 5.69 Å². The summed E-state index contributed by atoms with van der Waals surface area (Å²) in [5.74, 6) is 1.16. The van der Waals surface area contributed by atoms with Gasteiger partial charge in [0.2, 0.25) is 0 Å². The highest BCUT2D eigenvalue weighted by Gasteiger charge is 2.19. The van der Waals surface area contributed by atoms with Crippen molar-refractivity contribution in [3.8, 4) is 5.75 Å². The van der Waals surface area contributed by atoms with Crippen molar-refractivity contribution in [1.29, 1.82) is 0 Å². The van der Waals surface area contributed by atoms with E-state index in [-0.39, 0.29) is 12.1 Å². The first-order valence-corrected chi connectivity index (χ1v) is 7.00. The zero-order chi connectivity index (χ0) is 14.7. The van der Waals surface area contributed by atoms with Crippen molar-refractivity contribution < 1.29 is 9.63 Å². The van der Waals surface area contributed by atoms with Gasteiger partial charge in [-0.1, -0.05) is 24.2 Å². The summed E-state index contributed by atoms with van der Waals surface area (Å²) >= 11 is 0. The van der Waals surface area contributed by atoms with Crippen LogP contribution in [0.25, 0.3) is 0 Å². The topological polar surface area (TPSA) is 58.3 Å². The zero-order valence-electron chi connectivity index (χ0n) is 12.5. The second-order valence-electron chi connectivity index (χ2n) is 5.18. The standard InChI is InChI=1S/C16H22N2O2/c1-5-15(13-6-8-14(19)9-7-13)17-10(2)16-11(3)18-20-12(16)4/h6-10,15,17,19H,5H2,1-4H3. The Morgan fingerprint density at radius 2 is 1.90 bits per heavy atom. The monoisotopic (exact) mass is 274 g/mol. The third kappa shape index (κ3) is 3.02. The van der Waals surface area contributed by atoms with Crippen LogP contribution in [0.2, 0.25) is 0 Å². The molecule has 0 spiro atoms. The normalized spacial score (nSPS) is 14.2. The summed E-state index contributed by atoms with van der Waals surface area (Å²) in [6, 6.07) is 7.76. The smallest absolute Gasteiger partial charge is 0.138 e. The predicted molar refractivity (Wildman–Crippen MR) is 78.7 cm³/mol. The summed E-state index contributed by atoms with van der Waals surface area (Å²) in [6.07, 6.45) is 0.971. The molecular weight excluding hydrogens is 252 g/mol. The summed E-state index contributed by atoms with van der Waals surface area (Å²) in [7, 11) is 0. The Morgan fingerprint density at radius 3 is 2.40 bits per heavy atom. The van der Waals surface area contributed by atoms with Crippen molar-refractivity contribution in [2.75, 3.05) is 0 Å². The van der Waals surface area contributed by atoms with E-state index in [0.29, 0.717) is 5.75 Å². The number of hydrogen-bond donors (Lipinski definition) is 2. The fourth-order valence-electron chi connectivity index (χ4n) is 2.65. The van der Waals surface area contributed by atoms with Gasteiger partial charge in [0.1, 0.15) is 11.5 Å². The van der Waals surface area contributed by atoms with Gasteiger partial charge in [-0.2, -0.15) is 0 Å². The fraction of sp³-hybridized carbons (Fsp3) is 0.438. The molecule has 108 valence electrons. The molecule has 20 heavy (non-hydrogen) atoms. The number of nitrogens with one attached hydrogen (secondary N) is 1. The number of benzene rings is 1. The molecule has 0 aliphatic rings. The average molecular weight is 274 g/mol. The number of aryl methyl sites for hydroxylation is 2. The second-order valence-corrected chi connectivity index (χ2v) is 5.18. The van der Waals surface area contributed by atoms with Gasteiger partial charge in [-0.3, -0.25) is 0 Å². The molecule has 1 aromatic carbocycles. The summed E-state index contributed by atoms with van der Waals surface area (Å²) < 4.78 is 5.23. The SMILES string of the molecule is CCC(NC(C)c1c(C)noc1C)c1ccc(O)cc1. The molecule has 0 fully saturated rings. The second kappa shape index (κ2) is 6.09. The third-order valence-corrected chi connectivity index (χ3v) is 3.68. The minimum absolute atomic E-state index is 0.167. The number of rotatable bonds is 5. The molecule has 2 aromatic rings. The molecule has 0 bridgehead atoms. The van der Waals surface area contributed by atoms with Gasteiger partial charge in [0.15, 0.2) is 0 Å². The van der Waals surface area contributed by atoms with Crippen LogP contribution < -0.4 is 5.32 Å². The molecule has 2 N–H and O–H groups in total. The third-order valence-electron chi connectivity index (χ3n) is 3.68. The van der Waals surface area contributed by atoms with Crippen LogP contribution in [0.15, 0.2) is 28.8 Å². The lowest BCUT2D eigenvalue weighted by molar-refractivity contribution is 0.388.